The summed E-state index contributed by atoms with van der Waals surface area (Å²) in [4.78, 5) is 8.95. The van der Waals surface area contributed by atoms with E-state index in [1.165, 1.54) is 20.9 Å². The largest absolute Gasteiger partial charge is 0.489 e. The van der Waals surface area contributed by atoms with Crippen molar-refractivity contribution in [2.75, 3.05) is 6.61 Å². The number of hydrogen-bond acceptors (Lipinski definition) is 6. The van der Waals surface area contributed by atoms with E-state index in [0.717, 1.165) is 22.5 Å². The summed E-state index contributed by atoms with van der Waals surface area (Å²) in [5.74, 6) is 0.724. The Morgan fingerprint density at radius 2 is 1.96 bits per heavy atom. The zero-order valence-electron chi connectivity index (χ0n) is 13.0. The first-order chi connectivity index (χ1) is 12.3. The highest BCUT2D eigenvalue weighted by Gasteiger charge is 2.05. The van der Waals surface area contributed by atoms with E-state index in [2.05, 4.69) is 25.0 Å². The first kappa shape index (κ1) is 16.3. The molecular formula is C17H13ClN4OS2. The van der Waals surface area contributed by atoms with Gasteiger partial charge >= 0.3 is 0 Å². The van der Waals surface area contributed by atoms with E-state index in [9.17, 15) is 0 Å². The van der Waals surface area contributed by atoms with Gasteiger partial charge in [-0.25, -0.2) is 9.98 Å². The number of hydrogen-bond donors (Lipinski definition) is 0. The molecule has 5 nitrogen and oxygen atoms in total. The second kappa shape index (κ2) is 7.35. The first-order valence-electron chi connectivity index (χ1n) is 7.59. The van der Waals surface area contributed by atoms with Crippen molar-refractivity contribution in [3.05, 3.63) is 64.7 Å². The molecule has 0 fully saturated rings. The maximum Gasteiger partial charge on any atom is 0.179 e. The van der Waals surface area contributed by atoms with Crippen molar-refractivity contribution in [1.82, 2.24) is 13.9 Å². The van der Waals surface area contributed by atoms with Crippen molar-refractivity contribution in [2.24, 2.45) is 4.99 Å². The van der Waals surface area contributed by atoms with Gasteiger partial charge in [0.05, 0.1) is 23.9 Å². The molecule has 25 heavy (non-hydrogen) atoms. The summed E-state index contributed by atoms with van der Waals surface area (Å²) in [5.41, 5.74) is 2.83. The van der Waals surface area contributed by atoms with Crippen LogP contribution in [0.25, 0.3) is 11.0 Å². The number of imidazole rings is 1. The molecule has 0 N–H and O–H groups in total. The molecule has 0 atom stereocenters. The monoisotopic (exact) mass is 388 g/mol. The van der Waals surface area contributed by atoms with Crippen LogP contribution in [0, 0.1) is 0 Å². The summed E-state index contributed by atoms with van der Waals surface area (Å²) in [6, 6.07) is 15.7. The van der Waals surface area contributed by atoms with Crippen LogP contribution in [0.15, 0.2) is 59.9 Å². The minimum absolute atomic E-state index is 0.426. The zero-order chi connectivity index (χ0) is 17.1. The smallest absolute Gasteiger partial charge is 0.179 e. The SMILES string of the molecule is Clc1nssc1=Nc1ccccc1OCCn1cnc2ccccc21. The van der Waals surface area contributed by atoms with E-state index >= 15 is 0 Å². The van der Waals surface area contributed by atoms with Gasteiger partial charge in [-0.15, -0.1) is 0 Å². The summed E-state index contributed by atoms with van der Waals surface area (Å²) in [7, 11) is 2.76. The topological polar surface area (TPSA) is 52.3 Å². The van der Waals surface area contributed by atoms with Gasteiger partial charge < -0.3 is 9.30 Å². The molecule has 0 aliphatic heterocycles. The van der Waals surface area contributed by atoms with Crippen LogP contribution >= 0.6 is 32.5 Å². The normalized spacial score (nSPS) is 12.0. The molecule has 4 aromatic rings. The second-order valence-corrected chi connectivity index (χ2v) is 7.39. The Balaban J connectivity index is 1.51. The maximum absolute atomic E-state index is 6.03. The van der Waals surface area contributed by atoms with E-state index < -0.39 is 0 Å². The van der Waals surface area contributed by atoms with Crippen molar-refractivity contribution in [1.29, 1.82) is 0 Å². The van der Waals surface area contributed by atoms with E-state index in [1.807, 2.05) is 48.8 Å². The van der Waals surface area contributed by atoms with Crippen LogP contribution in [0.2, 0.25) is 5.15 Å². The van der Waals surface area contributed by atoms with Crippen LogP contribution in [-0.4, -0.2) is 20.5 Å². The summed E-state index contributed by atoms with van der Waals surface area (Å²) < 4.78 is 12.8. The minimum atomic E-state index is 0.426. The summed E-state index contributed by atoms with van der Waals surface area (Å²) in [6.45, 7) is 1.23. The fourth-order valence-corrected chi connectivity index (χ4v) is 4.43. The van der Waals surface area contributed by atoms with Crippen LogP contribution < -0.4 is 9.41 Å². The lowest BCUT2D eigenvalue weighted by atomic mass is 10.3. The lowest BCUT2D eigenvalue weighted by Crippen LogP contribution is -2.07. The highest BCUT2D eigenvalue weighted by molar-refractivity contribution is 7.66. The van der Waals surface area contributed by atoms with Crippen molar-refractivity contribution in [3.63, 3.8) is 0 Å². The Morgan fingerprint density at radius 1 is 1.12 bits per heavy atom. The number of halogens is 1. The van der Waals surface area contributed by atoms with Crippen molar-refractivity contribution in [3.8, 4) is 5.75 Å². The number of nitrogens with zero attached hydrogens (tertiary/aromatic N) is 4. The van der Waals surface area contributed by atoms with Crippen molar-refractivity contribution >= 4 is 49.2 Å². The quantitative estimate of drug-likeness (QED) is 0.472. The van der Waals surface area contributed by atoms with Crippen LogP contribution in [-0.2, 0) is 6.54 Å². The molecule has 0 unspecified atom stereocenters. The minimum Gasteiger partial charge on any atom is -0.489 e. The fourth-order valence-electron chi connectivity index (χ4n) is 2.45. The predicted molar refractivity (Wildman–Crippen MR) is 102 cm³/mol. The van der Waals surface area contributed by atoms with Gasteiger partial charge in [-0.3, -0.25) is 0 Å². The molecule has 0 aliphatic rings. The zero-order valence-corrected chi connectivity index (χ0v) is 15.4. The summed E-state index contributed by atoms with van der Waals surface area (Å²) in [6.07, 6.45) is 1.84. The molecule has 8 heteroatoms. The molecule has 2 aromatic carbocycles. The molecule has 0 saturated carbocycles. The molecule has 0 radical (unpaired) electrons. The Morgan fingerprint density at radius 3 is 2.84 bits per heavy atom. The molecule has 0 bridgehead atoms. The van der Waals surface area contributed by atoms with Gasteiger partial charge in [0, 0.05) is 10.5 Å². The molecule has 0 amide bonds. The summed E-state index contributed by atoms with van der Waals surface area (Å²) in [5, 5.41) is 0.426. The van der Waals surface area contributed by atoms with Crippen LogP contribution in [0.4, 0.5) is 5.69 Å². The second-order valence-electron chi connectivity index (χ2n) is 5.20. The van der Waals surface area contributed by atoms with Gasteiger partial charge in [-0.1, -0.05) is 35.9 Å². The van der Waals surface area contributed by atoms with Crippen molar-refractivity contribution in [2.45, 2.75) is 6.54 Å². The predicted octanol–water partition coefficient (Wildman–Crippen LogP) is 4.52. The van der Waals surface area contributed by atoms with Gasteiger partial charge in [0.1, 0.15) is 18.0 Å². The third kappa shape index (κ3) is 3.58. The lowest BCUT2D eigenvalue weighted by molar-refractivity contribution is 0.301. The molecule has 2 heterocycles. The standard InChI is InChI=1S/C17H13ClN4OS2/c18-16-17(24-25-21-16)20-13-6-2-4-8-15(13)23-10-9-22-11-19-12-5-1-3-7-14(12)22/h1-8,11H,9-10H2. The molecule has 0 aliphatic carbocycles. The Kier molecular flexibility index (Phi) is 4.78. The van der Waals surface area contributed by atoms with Crippen molar-refractivity contribution < 1.29 is 4.74 Å². The van der Waals surface area contributed by atoms with Gasteiger partial charge in [0.2, 0.25) is 0 Å². The van der Waals surface area contributed by atoms with Crippen LogP contribution in [0.3, 0.4) is 0 Å². The number of ether oxygens (including phenoxy) is 1. The molecule has 0 spiro atoms. The average Bonchev–Trinajstić information content (AvgIpc) is 3.23. The van der Waals surface area contributed by atoms with E-state index in [-0.39, 0.29) is 0 Å². The fraction of sp³-hybridized carbons (Fsp3) is 0.118. The third-order valence-corrected chi connectivity index (χ3v) is 5.79. The maximum atomic E-state index is 6.03. The molecule has 4 rings (SSSR count). The number of benzene rings is 2. The first-order valence-corrected chi connectivity index (χ1v) is 10.1. The number of fused-ring (bicyclic) bond motifs is 1. The third-order valence-electron chi connectivity index (χ3n) is 3.61. The Hall–Kier alpha value is -2.22. The van der Waals surface area contributed by atoms with Crippen LogP contribution in [0.1, 0.15) is 0 Å². The lowest BCUT2D eigenvalue weighted by Gasteiger charge is -2.09. The Bertz CT molecular complexity index is 1070. The van der Waals surface area contributed by atoms with E-state index in [0.29, 0.717) is 23.0 Å². The highest BCUT2D eigenvalue weighted by Crippen LogP contribution is 2.27. The molecule has 2 aromatic heterocycles. The number of para-hydroxylation sites is 4. The summed E-state index contributed by atoms with van der Waals surface area (Å²) >= 11 is 6.03. The van der Waals surface area contributed by atoms with E-state index in [1.54, 1.807) is 0 Å². The number of aromatic nitrogens is 3. The molecule has 0 saturated heterocycles. The molecular weight excluding hydrogens is 376 g/mol. The van der Waals surface area contributed by atoms with Gasteiger partial charge in [0.15, 0.2) is 9.82 Å². The number of rotatable bonds is 5. The average molecular weight is 389 g/mol. The Labute approximate surface area is 156 Å². The molecule has 126 valence electrons. The van der Waals surface area contributed by atoms with Crippen LogP contribution in [0.5, 0.6) is 5.75 Å². The highest BCUT2D eigenvalue weighted by atomic mass is 35.5. The van der Waals surface area contributed by atoms with E-state index in [4.69, 9.17) is 16.3 Å². The van der Waals surface area contributed by atoms with Gasteiger partial charge in [-0.2, -0.15) is 4.37 Å². The van der Waals surface area contributed by atoms with Gasteiger partial charge in [-0.05, 0) is 34.6 Å². The van der Waals surface area contributed by atoms with Gasteiger partial charge in [0.25, 0.3) is 0 Å².